The summed E-state index contributed by atoms with van der Waals surface area (Å²) in [6.45, 7) is 5.06. The highest BCUT2D eigenvalue weighted by Crippen LogP contribution is 2.11. The van der Waals surface area contributed by atoms with Gasteiger partial charge in [-0.25, -0.2) is 5.84 Å². The molecule has 0 saturated heterocycles. The van der Waals surface area contributed by atoms with Crippen LogP contribution in [0.3, 0.4) is 0 Å². The average molecular weight is 196 g/mol. The zero-order chi connectivity index (χ0) is 10.6. The monoisotopic (exact) mass is 196 g/mol. The Balaban J connectivity index is 2.71. The van der Waals surface area contributed by atoms with Gasteiger partial charge in [0.1, 0.15) is 11.6 Å². The molecule has 0 amide bonds. The third-order valence-corrected chi connectivity index (χ3v) is 1.58. The molecular formula is C8H16N6. The molecule has 6 nitrogen and oxygen atoms in total. The number of hydrazine groups is 1. The maximum Gasteiger partial charge on any atom is 0.223 e. The van der Waals surface area contributed by atoms with Gasteiger partial charge in [0.15, 0.2) is 0 Å². The lowest BCUT2D eigenvalue weighted by molar-refractivity contribution is 0.687. The van der Waals surface area contributed by atoms with Crippen LogP contribution in [0.2, 0.25) is 0 Å². The number of nitrogens with two attached hydrogens (primary N) is 2. The third kappa shape index (κ3) is 3.06. The van der Waals surface area contributed by atoms with E-state index in [9.17, 15) is 0 Å². The van der Waals surface area contributed by atoms with Gasteiger partial charge in [0, 0.05) is 12.6 Å². The minimum atomic E-state index is 0.201. The number of rotatable bonds is 4. The molecule has 14 heavy (non-hydrogen) atoms. The van der Waals surface area contributed by atoms with E-state index in [1.807, 2.05) is 0 Å². The second kappa shape index (κ2) is 4.61. The number of aromatic nitrogens is 2. The van der Waals surface area contributed by atoms with Crippen LogP contribution in [0.25, 0.3) is 0 Å². The highest BCUT2D eigenvalue weighted by Gasteiger charge is 2.01. The number of nitrogens with one attached hydrogen (secondary N) is 2. The van der Waals surface area contributed by atoms with E-state index < -0.39 is 0 Å². The van der Waals surface area contributed by atoms with Gasteiger partial charge >= 0.3 is 0 Å². The first-order valence-corrected chi connectivity index (χ1v) is 4.47. The van der Waals surface area contributed by atoms with E-state index in [1.54, 1.807) is 6.07 Å². The standard InChI is InChI=1S/C8H16N6/c1-5(2)4-11-6-3-7(14-10)13-8(9)12-6/h3,5H,4,10H2,1-2H3,(H4,9,11,12,13,14). The molecule has 0 spiro atoms. The Labute approximate surface area is 83.1 Å². The van der Waals surface area contributed by atoms with E-state index in [0.717, 1.165) is 6.54 Å². The Morgan fingerprint density at radius 3 is 2.57 bits per heavy atom. The fraction of sp³-hybridized carbons (Fsp3) is 0.500. The molecule has 0 atom stereocenters. The molecule has 1 aromatic heterocycles. The van der Waals surface area contributed by atoms with Gasteiger partial charge in [-0.1, -0.05) is 13.8 Å². The third-order valence-electron chi connectivity index (χ3n) is 1.58. The molecule has 0 aliphatic rings. The van der Waals surface area contributed by atoms with E-state index in [4.69, 9.17) is 11.6 Å². The van der Waals surface area contributed by atoms with E-state index in [0.29, 0.717) is 17.6 Å². The number of hydrogen-bond acceptors (Lipinski definition) is 6. The van der Waals surface area contributed by atoms with Gasteiger partial charge in [-0.3, -0.25) is 0 Å². The molecule has 0 saturated carbocycles. The molecule has 0 radical (unpaired) electrons. The maximum atomic E-state index is 5.48. The van der Waals surface area contributed by atoms with Crippen molar-refractivity contribution in [1.82, 2.24) is 9.97 Å². The van der Waals surface area contributed by atoms with Crippen LogP contribution in [0.1, 0.15) is 13.8 Å². The molecule has 6 N–H and O–H groups in total. The Kier molecular flexibility index (Phi) is 3.47. The highest BCUT2D eigenvalue weighted by atomic mass is 15.3. The molecule has 0 aliphatic heterocycles. The van der Waals surface area contributed by atoms with Crippen LogP contribution >= 0.6 is 0 Å². The molecule has 1 aromatic rings. The Morgan fingerprint density at radius 2 is 2.00 bits per heavy atom. The quantitative estimate of drug-likeness (QED) is 0.411. The van der Waals surface area contributed by atoms with E-state index >= 15 is 0 Å². The first-order valence-electron chi connectivity index (χ1n) is 4.47. The van der Waals surface area contributed by atoms with Gasteiger partial charge in [0.2, 0.25) is 5.95 Å². The van der Waals surface area contributed by atoms with Crippen LogP contribution in [0, 0.1) is 5.92 Å². The summed E-state index contributed by atoms with van der Waals surface area (Å²) in [5.41, 5.74) is 7.91. The molecule has 78 valence electrons. The van der Waals surface area contributed by atoms with Crippen molar-refractivity contribution in [2.45, 2.75) is 13.8 Å². The lowest BCUT2D eigenvalue weighted by Gasteiger charge is -2.09. The van der Waals surface area contributed by atoms with Crippen LogP contribution < -0.4 is 22.3 Å². The summed E-state index contributed by atoms with van der Waals surface area (Å²) >= 11 is 0. The summed E-state index contributed by atoms with van der Waals surface area (Å²) < 4.78 is 0. The average Bonchev–Trinajstić information content (AvgIpc) is 2.14. The van der Waals surface area contributed by atoms with Crippen molar-refractivity contribution in [2.75, 3.05) is 23.0 Å². The lowest BCUT2D eigenvalue weighted by atomic mass is 10.2. The van der Waals surface area contributed by atoms with Crippen molar-refractivity contribution in [1.29, 1.82) is 0 Å². The summed E-state index contributed by atoms with van der Waals surface area (Å²) in [4.78, 5) is 7.88. The maximum absolute atomic E-state index is 5.48. The van der Waals surface area contributed by atoms with Gasteiger partial charge < -0.3 is 16.5 Å². The summed E-state index contributed by atoms with van der Waals surface area (Å²) in [6.07, 6.45) is 0. The van der Waals surface area contributed by atoms with Crippen molar-refractivity contribution < 1.29 is 0 Å². The number of nitrogens with zero attached hydrogens (tertiary/aromatic N) is 2. The molecule has 0 bridgehead atoms. The topological polar surface area (TPSA) is 102 Å². The normalized spacial score (nSPS) is 10.3. The van der Waals surface area contributed by atoms with Crippen molar-refractivity contribution >= 4 is 17.6 Å². The molecule has 6 heteroatoms. The zero-order valence-corrected chi connectivity index (χ0v) is 8.41. The second-order valence-corrected chi connectivity index (χ2v) is 3.42. The summed E-state index contributed by atoms with van der Waals surface area (Å²) in [5.74, 6) is 7.15. The van der Waals surface area contributed by atoms with E-state index in [2.05, 4.69) is 34.6 Å². The molecule has 1 rings (SSSR count). The predicted molar refractivity (Wildman–Crippen MR) is 57.6 cm³/mol. The van der Waals surface area contributed by atoms with Crippen molar-refractivity contribution in [3.8, 4) is 0 Å². The van der Waals surface area contributed by atoms with Crippen LogP contribution in [0.4, 0.5) is 17.6 Å². The van der Waals surface area contributed by atoms with Gasteiger partial charge in [0.05, 0.1) is 0 Å². The van der Waals surface area contributed by atoms with Crippen molar-refractivity contribution in [3.63, 3.8) is 0 Å². The first kappa shape index (κ1) is 10.5. The van der Waals surface area contributed by atoms with Crippen LogP contribution in [-0.2, 0) is 0 Å². The number of anilines is 3. The zero-order valence-electron chi connectivity index (χ0n) is 8.41. The Bertz CT molecular complexity index is 298. The summed E-state index contributed by atoms with van der Waals surface area (Å²) in [7, 11) is 0. The molecule has 0 aromatic carbocycles. The fourth-order valence-electron chi connectivity index (χ4n) is 0.939. The number of hydrogen-bond donors (Lipinski definition) is 4. The molecule has 0 fully saturated rings. The molecule has 1 heterocycles. The van der Waals surface area contributed by atoms with Gasteiger partial charge in [-0.15, -0.1) is 0 Å². The van der Waals surface area contributed by atoms with Crippen molar-refractivity contribution in [2.24, 2.45) is 11.8 Å². The van der Waals surface area contributed by atoms with Crippen LogP contribution in [0.15, 0.2) is 6.07 Å². The molecule has 0 unspecified atom stereocenters. The smallest absolute Gasteiger partial charge is 0.223 e. The lowest BCUT2D eigenvalue weighted by Crippen LogP contribution is -2.14. The molecule has 0 aliphatic carbocycles. The highest BCUT2D eigenvalue weighted by molar-refractivity contribution is 5.50. The fourth-order valence-corrected chi connectivity index (χ4v) is 0.939. The van der Waals surface area contributed by atoms with Crippen LogP contribution in [0.5, 0.6) is 0 Å². The second-order valence-electron chi connectivity index (χ2n) is 3.42. The van der Waals surface area contributed by atoms with Gasteiger partial charge in [-0.05, 0) is 5.92 Å². The van der Waals surface area contributed by atoms with Crippen LogP contribution in [-0.4, -0.2) is 16.5 Å². The minimum absolute atomic E-state index is 0.201. The summed E-state index contributed by atoms with van der Waals surface area (Å²) in [5, 5.41) is 3.13. The SMILES string of the molecule is CC(C)CNc1cc(NN)nc(N)n1. The minimum Gasteiger partial charge on any atom is -0.370 e. The predicted octanol–water partition coefficient (Wildman–Crippen LogP) is 0.412. The number of nitrogen functional groups attached to an aromatic ring is 2. The molecular weight excluding hydrogens is 180 g/mol. The Hall–Kier alpha value is -1.56. The largest absolute Gasteiger partial charge is 0.370 e. The van der Waals surface area contributed by atoms with Gasteiger partial charge in [0.25, 0.3) is 0 Å². The Morgan fingerprint density at radius 1 is 1.36 bits per heavy atom. The van der Waals surface area contributed by atoms with E-state index in [1.165, 1.54) is 0 Å². The van der Waals surface area contributed by atoms with E-state index in [-0.39, 0.29) is 5.95 Å². The van der Waals surface area contributed by atoms with Crippen molar-refractivity contribution in [3.05, 3.63) is 6.07 Å². The first-order chi connectivity index (χ1) is 6.61. The van der Waals surface area contributed by atoms with Gasteiger partial charge in [-0.2, -0.15) is 9.97 Å². The summed E-state index contributed by atoms with van der Waals surface area (Å²) in [6, 6.07) is 1.71.